The van der Waals surface area contributed by atoms with Crippen molar-refractivity contribution in [3.63, 3.8) is 0 Å². The van der Waals surface area contributed by atoms with Crippen LogP contribution in [0.4, 0.5) is 0 Å². The Labute approximate surface area is 851 Å². The van der Waals surface area contributed by atoms with Gasteiger partial charge in [-0.3, -0.25) is 0 Å². The van der Waals surface area contributed by atoms with Gasteiger partial charge in [-0.15, -0.1) is 0 Å². The van der Waals surface area contributed by atoms with Crippen LogP contribution < -0.4 is 0 Å². The first-order chi connectivity index (χ1) is 73.0. The molecule has 684 valence electrons. The quantitative estimate of drug-likeness (QED) is 0.0855. The van der Waals surface area contributed by atoms with Crippen molar-refractivity contribution < 1.29 is 0 Å². The molecule has 0 aliphatic heterocycles. The summed E-state index contributed by atoms with van der Waals surface area (Å²) in [5.41, 5.74) is 33.2. The molecule has 30 rings (SSSR count). The minimum atomic E-state index is 1.17. The van der Waals surface area contributed by atoms with Crippen molar-refractivity contribution in [1.29, 1.82) is 0 Å². The van der Waals surface area contributed by atoms with Crippen LogP contribution >= 0.6 is 0 Å². The fourth-order valence-electron chi connectivity index (χ4n) is 24.0. The Morgan fingerprint density at radius 3 is 0.680 bits per heavy atom. The third-order valence-electron chi connectivity index (χ3n) is 30.5. The van der Waals surface area contributed by atoms with E-state index in [4.69, 9.17) is 0 Å². The Morgan fingerprint density at radius 2 is 0.313 bits per heavy atom. The highest BCUT2D eigenvalue weighted by Crippen LogP contribution is 2.53. The van der Waals surface area contributed by atoms with Gasteiger partial charge in [0.1, 0.15) is 0 Å². The van der Waals surface area contributed by atoms with Gasteiger partial charge >= 0.3 is 0 Å². The predicted octanol–water partition coefficient (Wildman–Crippen LogP) is 39.7. The lowest BCUT2D eigenvalue weighted by atomic mass is 9.83. The maximum Gasteiger partial charge on any atom is 0.0547 e. The molecule has 0 spiro atoms. The topological polar surface area (TPSA) is 14.8 Å². The molecule has 3 heteroatoms. The average Bonchev–Trinajstić information content (AvgIpc) is 1.67. The van der Waals surface area contributed by atoms with E-state index in [-0.39, 0.29) is 0 Å². The Kier molecular flexibility index (Phi) is 21.0. The SMILES string of the molecule is c1ccc(-c2c3ccccc3c(-c3ccc(-c4ccc5c6ccccc6n(-c6ccccc6)c5c4)cc3)c3ccc4ccccc4c23)cc1.c1ccc(-c2c3ccccc3c(-c3cccc(-c4ccc5c(c4)c4ccccc4n5-c4ccccc4)c3)c3ccc4ccccc4c23)cc1.c1ccc(-c2c3ccccc3c(-c3cccc(-c4ccc5c6ccccc6n(-c6ccccc6)c5c4)c3)c3ccc4ccccc4c23)cc1. The van der Waals surface area contributed by atoms with Crippen LogP contribution in [0.2, 0.25) is 0 Å². The number of aromatic nitrogens is 3. The maximum absolute atomic E-state index is 2.40. The van der Waals surface area contributed by atoms with E-state index < -0.39 is 0 Å². The van der Waals surface area contributed by atoms with Crippen LogP contribution in [0.5, 0.6) is 0 Å². The number of hydrogen-bond donors (Lipinski definition) is 0. The molecule has 0 aliphatic carbocycles. The second kappa shape index (κ2) is 36.0. The van der Waals surface area contributed by atoms with Crippen LogP contribution in [-0.2, 0) is 0 Å². The fourth-order valence-corrected chi connectivity index (χ4v) is 24.0. The first-order valence-electron chi connectivity index (χ1n) is 50.8. The van der Waals surface area contributed by atoms with Gasteiger partial charge in [-0.25, -0.2) is 0 Å². The number of rotatable bonds is 12. The van der Waals surface area contributed by atoms with Crippen molar-refractivity contribution in [2.45, 2.75) is 0 Å². The molecule has 0 aliphatic rings. The van der Waals surface area contributed by atoms with Crippen molar-refractivity contribution in [2.75, 3.05) is 0 Å². The second-order valence-corrected chi connectivity index (χ2v) is 38.6. The van der Waals surface area contributed by atoms with E-state index in [9.17, 15) is 0 Å². The summed E-state index contributed by atoms with van der Waals surface area (Å²) in [7, 11) is 0. The molecule has 27 aromatic carbocycles. The van der Waals surface area contributed by atoms with Crippen LogP contribution in [0.3, 0.4) is 0 Å². The number of fused-ring (bicyclic) bond motifs is 21. The molecule has 0 saturated carbocycles. The summed E-state index contributed by atoms with van der Waals surface area (Å²) < 4.78 is 7.16. The fraction of sp³-hybridized carbons (Fsp3) is 0. The lowest BCUT2D eigenvalue weighted by molar-refractivity contribution is 1.18. The zero-order valence-corrected chi connectivity index (χ0v) is 80.5. The maximum atomic E-state index is 2.40. The van der Waals surface area contributed by atoms with Gasteiger partial charge in [-0.1, -0.05) is 473 Å². The third-order valence-corrected chi connectivity index (χ3v) is 30.5. The van der Waals surface area contributed by atoms with Crippen molar-refractivity contribution >= 4 is 162 Å². The normalized spacial score (nSPS) is 11.7. The minimum Gasteiger partial charge on any atom is -0.309 e. The van der Waals surface area contributed by atoms with Gasteiger partial charge in [-0.05, 0) is 288 Å². The molecule has 0 atom stereocenters. The summed E-state index contributed by atoms with van der Waals surface area (Å²) in [4.78, 5) is 0. The van der Waals surface area contributed by atoms with E-state index in [0.717, 1.165) is 0 Å². The molecule has 0 saturated heterocycles. The molecule has 3 aromatic heterocycles. The highest BCUT2D eigenvalue weighted by atomic mass is 15.0. The lowest BCUT2D eigenvalue weighted by Gasteiger charge is -2.19. The first-order valence-corrected chi connectivity index (χ1v) is 50.8. The molecule has 30 aromatic rings. The molecule has 3 heterocycles. The predicted molar refractivity (Wildman–Crippen MR) is 629 cm³/mol. The Morgan fingerprint density at radius 1 is 0.0952 bits per heavy atom. The molecule has 147 heavy (non-hydrogen) atoms. The largest absolute Gasteiger partial charge is 0.309 e. The molecule has 0 N–H and O–H groups in total. The molecule has 0 fully saturated rings. The number of benzene rings is 27. The van der Waals surface area contributed by atoms with Crippen molar-refractivity contribution in [3.8, 4) is 117 Å². The molecular weight excluding hydrogens is 1770 g/mol. The third kappa shape index (κ3) is 14.6. The van der Waals surface area contributed by atoms with Crippen molar-refractivity contribution in [1.82, 2.24) is 13.7 Å². The van der Waals surface area contributed by atoms with Gasteiger partial charge in [0.2, 0.25) is 0 Å². The van der Waals surface area contributed by atoms with Crippen molar-refractivity contribution in [2.24, 2.45) is 0 Å². The molecule has 0 radical (unpaired) electrons. The average molecular weight is 1870 g/mol. The van der Waals surface area contributed by atoms with E-state index in [2.05, 4.69) is 578 Å². The highest BCUT2D eigenvalue weighted by Gasteiger charge is 2.26. The number of hydrogen-bond acceptors (Lipinski definition) is 0. The summed E-state index contributed by atoms with van der Waals surface area (Å²) >= 11 is 0. The van der Waals surface area contributed by atoms with Crippen LogP contribution in [0, 0.1) is 0 Å². The van der Waals surface area contributed by atoms with E-state index in [1.54, 1.807) is 0 Å². The van der Waals surface area contributed by atoms with Crippen LogP contribution in [-0.4, -0.2) is 13.7 Å². The summed E-state index contributed by atoms with van der Waals surface area (Å²) in [6.07, 6.45) is 0. The molecule has 3 nitrogen and oxygen atoms in total. The zero-order valence-electron chi connectivity index (χ0n) is 80.5. The summed E-state index contributed by atoms with van der Waals surface area (Å²) in [6.45, 7) is 0. The standard InChI is InChI=1S/3C48H31N/c1-3-15-33(16-4-1)47-42-24-10-9-23-41(42)46(43-29-26-32-14-7-8-21-38(32)48(43)47)36-18-13-17-34(30-36)35-27-28-40-39-22-11-12-25-44(39)49(45(40)31-35)37-19-5-2-6-20-37;1-3-15-33(16-4-1)47-41-24-10-9-23-40(41)46(42-28-26-32-14-7-8-21-38(32)48(42)47)36-18-13-17-34(30-36)35-27-29-45-43(31-35)39-22-11-12-25-44(39)49(45)37-19-5-2-6-20-37;1-3-14-34(15-4-1)47-42-21-10-9-20-41(42)46(43-30-27-33-13-7-8-18-38(33)48(43)47)35-25-23-32(24-26-35)36-28-29-40-39-19-11-12-22-44(39)49(45(40)31-36)37-16-5-2-6-17-37/h3*1-31H. The van der Waals surface area contributed by atoms with E-state index >= 15 is 0 Å². The summed E-state index contributed by atoms with van der Waals surface area (Å²) in [5.74, 6) is 0. The van der Waals surface area contributed by atoms with Gasteiger partial charge in [0.15, 0.2) is 0 Å². The van der Waals surface area contributed by atoms with Crippen LogP contribution in [0.1, 0.15) is 0 Å². The smallest absolute Gasteiger partial charge is 0.0547 e. The Hall–Kier alpha value is -19.3. The van der Waals surface area contributed by atoms with Gasteiger partial charge in [-0.2, -0.15) is 0 Å². The monoisotopic (exact) mass is 1860 g/mol. The van der Waals surface area contributed by atoms with E-state index in [1.807, 2.05) is 0 Å². The van der Waals surface area contributed by atoms with Crippen molar-refractivity contribution in [3.05, 3.63) is 564 Å². The Balaban J connectivity index is 0.000000107. The Bertz CT molecular complexity index is 10500. The molecule has 0 amide bonds. The van der Waals surface area contributed by atoms with Crippen LogP contribution in [0.15, 0.2) is 564 Å². The molecule has 0 bridgehead atoms. The van der Waals surface area contributed by atoms with E-state index in [1.165, 1.54) is 280 Å². The van der Waals surface area contributed by atoms with Gasteiger partial charge in [0, 0.05) is 49.4 Å². The van der Waals surface area contributed by atoms with Gasteiger partial charge in [0.25, 0.3) is 0 Å². The summed E-state index contributed by atoms with van der Waals surface area (Å²) in [6, 6.07) is 206. The number of para-hydroxylation sites is 6. The highest BCUT2D eigenvalue weighted by molar-refractivity contribution is 6.32. The molecule has 0 unspecified atom stereocenters. The van der Waals surface area contributed by atoms with Gasteiger partial charge in [0.05, 0.1) is 33.1 Å². The zero-order chi connectivity index (χ0) is 96.9. The first kappa shape index (κ1) is 85.6. The van der Waals surface area contributed by atoms with E-state index in [0.29, 0.717) is 0 Å². The summed E-state index contributed by atoms with van der Waals surface area (Å²) in [5, 5.41) is 30.6. The molecular formula is C144H93N3. The van der Waals surface area contributed by atoms with Crippen LogP contribution in [0.25, 0.3) is 280 Å². The second-order valence-electron chi connectivity index (χ2n) is 38.6. The minimum absolute atomic E-state index is 1.17. The lowest BCUT2D eigenvalue weighted by Crippen LogP contribution is -1.93. The number of nitrogens with zero attached hydrogens (tertiary/aromatic N) is 3. The van der Waals surface area contributed by atoms with Gasteiger partial charge < -0.3 is 13.7 Å².